The van der Waals surface area contributed by atoms with Gasteiger partial charge in [0.25, 0.3) is 0 Å². The Bertz CT molecular complexity index is 1370. The number of aromatic nitrogens is 2. The van der Waals surface area contributed by atoms with E-state index in [0.29, 0.717) is 23.0 Å². The molecule has 0 radical (unpaired) electrons. The summed E-state index contributed by atoms with van der Waals surface area (Å²) < 4.78 is 7.72. The summed E-state index contributed by atoms with van der Waals surface area (Å²) in [6, 6.07) is 23.6. The van der Waals surface area contributed by atoms with Crippen LogP contribution in [-0.4, -0.2) is 27.7 Å². The van der Waals surface area contributed by atoms with Gasteiger partial charge in [-0.3, -0.25) is 9.78 Å². The fourth-order valence-electron chi connectivity index (χ4n) is 4.49. The molecule has 8 heteroatoms. The highest BCUT2D eigenvalue weighted by atomic mass is 32.1. The summed E-state index contributed by atoms with van der Waals surface area (Å²) in [7, 11) is 1.59. The Morgan fingerprint density at radius 3 is 2.61 bits per heavy atom. The van der Waals surface area contributed by atoms with Gasteiger partial charge in [0.05, 0.1) is 30.6 Å². The third-order valence-electron chi connectivity index (χ3n) is 6.27. The molecule has 0 spiro atoms. The van der Waals surface area contributed by atoms with E-state index in [-0.39, 0.29) is 18.0 Å². The average molecular weight is 498 g/mol. The highest BCUT2D eigenvalue weighted by Crippen LogP contribution is 2.43. The smallest absolute Gasteiger partial charge is 0.224 e. The van der Waals surface area contributed by atoms with Crippen molar-refractivity contribution in [2.75, 3.05) is 17.3 Å². The van der Waals surface area contributed by atoms with Crippen LogP contribution in [0.3, 0.4) is 0 Å². The Kier molecular flexibility index (Phi) is 6.69. The molecule has 1 aliphatic heterocycles. The van der Waals surface area contributed by atoms with Crippen LogP contribution in [-0.2, 0) is 4.79 Å². The number of carbonyl (C=O) groups excluding carboxylic acids is 1. The Morgan fingerprint density at radius 1 is 1.08 bits per heavy atom. The maximum Gasteiger partial charge on any atom is 0.224 e. The molecule has 0 unspecified atom stereocenters. The molecule has 1 saturated heterocycles. The number of ether oxygens (including phenoxy) is 1. The first-order valence-corrected chi connectivity index (χ1v) is 12.2. The van der Waals surface area contributed by atoms with Gasteiger partial charge in [-0.05, 0) is 60.2 Å². The number of hydrogen-bond donors (Lipinski definition) is 2. The fraction of sp³-hybridized carbons (Fsp3) is 0.179. The number of hydrogen-bond acceptors (Lipinski definition) is 4. The predicted molar refractivity (Wildman–Crippen MR) is 146 cm³/mol. The van der Waals surface area contributed by atoms with E-state index in [1.54, 1.807) is 13.3 Å². The molecule has 5 rings (SSSR count). The van der Waals surface area contributed by atoms with Crippen LogP contribution in [0.1, 0.15) is 36.7 Å². The average Bonchev–Trinajstić information content (AvgIpc) is 3.54. The SMILES string of the molecule is CCC(=O)Nc1ccc(N2C(=S)N[C@@H](c3ccccn3)[C@@H]2c2ccn(-c3ccccc3)c2)cc1OC. The number of nitrogens with one attached hydrogen (secondary N) is 2. The first kappa shape index (κ1) is 23.6. The zero-order chi connectivity index (χ0) is 25.1. The van der Waals surface area contributed by atoms with Gasteiger partial charge in [-0.15, -0.1) is 0 Å². The summed E-state index contributed by atoms with van der Waals surface area (Å²) in [4.78, 5) is 18.7. The first-order chi connectivity index (χ1) is 17.6. The summed E-state index contributed by atoms with van der Waals surface area (Å²) in [5, 5.41) is 6.97. The minimum absolute atomic E-state index is 0.0743. The molecule has 2 aromatic carbocycles. The van der Waals surface area contributed by atoms with E-state index in [4.69, 9.17) is 17.0 Å². The lowest BCUT2D eigenvalue weighted by molar-refractivity contribution is -0.115. The van der Waals surface area contributed by atoms with Gasteiger partial charge in [0.1, 0.15) is 5.75 Å². The molecule has 2 aromatic heterocycles. The number of rotatable bonds is 7. The lowest BCUT2D eigenvalue weighted by Gasteiger charge is -2.28. The highest BCUT2D eigenvalue weighted by molar-refractivity contribution is 7.80. The molecule has 2 atom stereocenters. The third kappa shape index (κ3) is 4.55. The van der Waals surface area contributed by atoms with Gasteiger partial charge < -0.3 is 24.8 Å². The number of para-hydroxylation sites is 1. The van der Waals surface area contributed by atoms with Crippen LogP contribution in [0.2, 0.25) is 0 Å². The van der Waals surface area contributed by atoms with E-state index >= 15 is 0 Å². The molecule has 0 saturated carbocycles. The van der Waals surface area contributed by atoms with E-state index in [9.17, 15) is 4.79 Å². The zero-order valence-electron chi connectivity index (χ0n) is 20.1. The van der Waals surface area contributed by atoms with Gasteiger partial charge in [-0.1, -0.05) is 31.2 Å². The minimum atomic E-state index is -0.157. The van der Waals surface area contributed by atoms with Crippen LogP contribution in [0.25, 0.3) is 5.69 Å². The Labute approximate surface area is 215 Å². The summed E-state index contributed by atoms with van der Waals surface area (Å²) in [6.45, 7) is 1.81. The topological polar surface area (TPSA) is 71.4 Å². The van der Waals surface area contributed by atoms with Gasteiger partial charge >= 0.3 is 0 Å². The molecule has 3 heterocycles. The van der Waals surface area contributed by atoms with E-state index in [0.717, 1.165) is 22.6 Å². The second-order valence-electron chi connectivity index (χ2n) is 8.47. The maximum absolute atomic E-state index is 12.0. The summed E-state index contributed by atoms with van der Waals surface area (Å²) in [5.41, 5.74) is 4.55. The van der Waals surface area contributed by atoms with Crippen LogP contribution in [0.4, 0.5) is 11.4 Å². The second kappa shape index (κ2) is 10.2. The molecule has 182 valence electrons. The molecule has 1 amide bonds. The number of methoxy groups -OCH3 is 1. The molecule has 2 N–H and O–H groups in total. The lowest BCUT2D eigenvalue weighted by Crippen LogP contribution is -2.29. The van der Waals surface area contributed by atoms with Gasteiger partial charge in [0.15, 0.2) is 5.11 Å². The van der Waals surface area contributed by atoms with Crippen molar-refractivity contribution < 1.29 is 9.53 Å². The monoisotopic (exact) mass is 497 g/mol. The van der Waals surface area contributed by atoms with Crippen molar-refractivity contribution in [3.63, 3.8) is 0 Å². The molecular weight excluding hydrogens is 470 g/mol. The van der Waals surface area contributed by atoms with Crippen molar-refractivity contribution >= 4 is 34.6 Å². The van der Waals surface area contributed by atoms with Crippen molar-refractivity contribution in [1.82, 2.24) is 14.9 Å². The number of nitrogens with zero attached hydrogens (tertiary/aromatic N) is 3. The number of amides is 1. The number of thiocarbonyl (C=S) groups is 1. The quantitative estimate of drug-likeness (QED) is 0.333. The van der Waals surface area contributed by atoms with Gasteiger partial charge in [-0.2, -0.15) is 0 Å². The van der Waals surface area contributed by atoms with Crippen molar-refractivity contribution in [2.24, 2.45) is 0 Å². The Balaban J connectivity index is 1.57. The van der Waals surface area contributed by atoms with Crippen LogP contribution < -0.4 is 20.3 Å². The molecule has 36 heavy (non-hydrogen) atoms. The van der Waals surface area contributed by atoms with Crippen LogP contribution >= 0.6 is 12.2 Å². The van der Waals surface area contributed by atoms with Crippen LogP contribution in [0, 0.1) is 0 Å². The summed E-state index contributed by atoms with van der Waals surface area (Å²) >= 11 is 5.85. The van der Waals surface area contributed by atoms with E-state index in [1.165, 1.54) is 0 Å². The van der Waals surface area contributed by atoms with Crippen molar-refractivity contribution in [3.05, 3.63) is 103 Å². The Morgan fingerprint density at radius 2 is 1.89 bits per heavy atom. The van der Waals surface area contributed by atoms with Crippen molar-refractivity contribution in [1.29, 1.82) is 0 Å². The lowest BCUT2D eigenvalue weighted by atomic mass is 9.98. The molecule has 0 bridgehead atoms. The standard InChI is InChI=1S/C28H27N5O2S/c1-3-25(34)30-22-13-12-21(17-24(22)35-2)33-27(26(31-28(33)36)23-11-7-8-15-29-23)19-14-16-32(18-19)20-9-5-4-6-10-20/h4-18,26-27H,3H2,1-2H3,(H,30,34)(H,31,36)/t26-,27-/m0/s1. The van der Waals surface area contributed by atoms with E-state index < -0.39 is 0 Å². The fourth-order valence-corrected chi connectivity index (χ4v) is 4.84. The molecule has 7 nitrogen and oxygen atoms in total. The second-order valence-corrected chi connectivity index (χ2v) is 8.86. The number of benzene rings is 2. The normalized spacial score (nSPS) is 17.1. The van der Waals surface area contributed by atoms with Gasteiger partial charge in [-0.25, -0.2) is 0 Å². The molecule has 1 aliphatic rings. The van der Waals surface area contributed by atoms with Crippen LogP contribution in [0.5, 0.6) is 5.75 Å². The molecule has 0 aliphatic carbocycles. The van der Waals surface area contributed by atoms with Crippen molar-refractivity contribution in [2.45, 2.75) is 25.4 Å². The predicted octanol–water partition coefficient (Wildman–Crippen LogP) is 5.41. The number of pyridine rings is 1. The zero-order valence-corrected chi connectivity index (χ0v) is 20.9. The Hall–Kier alpha value is -4.17. The van der Waals surface area contributed by atoms with E-state index in [2.05, 4.69) is 55.7 Å². The summed E-state index contributed by atoms with van der Waals surface area (Å²) in [6.07, 6.45) is 6.37. The highest BCUT2D eigenvalue weighted by Gasteiger charge is 2.41. The summed E-state index contributed by atoms with van der Waals surface area (Å²) in [5.74, 6) is 0.494. The maximum atomic E-state index is 12.0. The van der Waals surface area contributed by atoms with Gasteiger partial charge in [0.2, 0.25) is 5.91 Å². The molecule has 4 aromatic rings. The van der Waals surface area contributed by atoms with Crippen molar-refractivity contribution in [3.8, 4) is 11.4 Å². The van der Waals surface area contributed by atoms with Crippen LogP contribution in [0.15, 0.2) is 91.4 Å². The van der Waals surface area contributed by atoms with E-state index in [1.807, 2.05) is 61.5 Å². The van der Waals surface area contributed by atoms with Gasteiger partial charge in [0, 0.05) is 42.5 Å². The largest absolute Gasteiger partial charge is 0.494 e. The number of carbonyl (C=O) groups is 1. The number of anilines is 2. The minimum Gasteiger partial charge on any atom is -0.494 e. The third-order valence-corrected chi connectivity index (χ3v) is 6.58. The first-order valence-electron chi connectivity index (χ1n) is 11.8. The molecule has 1 fully saturated rings. The molecular formula is C28H27N5O2S.